The molecule has 0 saturated carbocycles. The third kappa shape index (κ3) is 6.19. The zero-order valence-electron chi connectivity index (χ0n) is 15.9. The normalized spacial score (nSPS) is 11.0. The summed E-state index contributed by atoms with van der Waals surface area (Å²) in [6.45, 7) is 3.55. The second-order valence-electron chi connectivity index (χ2n) is 6.58. The Morgan fingerprint density at radius 3 is 1.89 bits per heavy atom. The van der Waals surface area contributed by atoms with Gasteiger partial charge < -0.3 is 4.74 Å². The van der Waals surface area contributed by atoms with E-state index in [1.165, 1.54) is 19.3 Å². The van der Waals surface area contributed by atoms with Crippen LogP contribution in [0.1, 0.15) is 38.2 Å². The lowest BCUT2D eigenvalue weighted by Gasteiger charge is -2.10. The van der Waals surface area contributed by atoms with Crippen LogP contribution in [0.15, 0.2) is 57.7 Å². The van der Waals surface area contributed by atoms with Gasteiger partial charge in [0.2, 0.25) is 0 Å². The molecule has 0 N–H and O–H groups in total. The maximum atomic E-state index is 5.90. The SMILES string of the molecule is CCCCCCOCc1cc(-c2ccc(Br)cn2)nc(-c2ccc(Br)cn2)c1. The van der Waals surface area contributed by atoms with Gasteiger partial charge in [0.15, 0.2) is 0 Å². The van der Waals surface area contributed by atoms with Crippen LogP contribution in [0.4, 0.5) is 0 Å². The van der Waals surface area contributed by atoms with Gasteiger partial charge in [-0.25, -0.2) is 4.98 Å². The molecular formula is C22H23Br2N3O. The topological polar surface area (TPSA) is 47.9 Å². The third-order valence-electron chi connectivity index (χ3n) is 4.28. The van der Waals surface area contributed by atoms with Crippen LogP contribution in [-0.4, -0.2) is 21.6 Å². The first-order valence-electron chi connectivity index (χ1n) is 9.48. The minimum absolute atomic E-state index is 0.557. The zero-order chi connectivity index (χ0) is 19.8. The van der Waals surface area contributed by atoms with E-state index in [0.717, 1.165) is 50.3 Å². The van der Waals surface area contributed by atoms with Crippen LogP contribution >= 0.6 is 31.9 Å². The molecule has 0 spiro atoms. The number of ether oxygens (including phenoxy) is 1. The lowest BCUT2D eigenvalue weighted by molar-refractivity contribution is 0.117. The molecule has 0 amide bonds. The van der Waals surface area contributed by atoms with Crippen molar-refractivity contribution in [2.24, 2.45) is 0 Å². The van der Waals surface area contributed by atoms with Crippen LogP contribution in [0.5, 0.6) is 0 Å². The van der Waals surface area contributed by atoms with Gasteiger partial charge in [0.1, 0.15) is 0 Å². The first-order valence-corrected chi connectivity index (χ1v) is 11.1. The molecule has 0 aliphatic rings. The van der Waals surface area contributed by atoms with Crippen molar-refractivity contribution in [3.63, 3.8) is 0 Å². The van der Waals surface area contributed by atoms with Gasteiger partial charge in [-0.1, -0.05) is 26.2 Å². The molecule has 0 atom stereocenters. The molecule has 3 heterocycles. The minimum atomic E-state index is 0.557. The number of hydrogen-bond acceptors (Lipinski definition) is 4. The Labute approximate surface area is 183 Å². The Kier molecular flexibility index (Phi) is 8.13. The highest BCUT2D eigenvalue weighted by Gasteiger charge is 2.10. The van der Waals surface area contributed by atoms with Crippen LogP contribution in [-0.2, 0) is 11.3 Å². The molecule has 28 heavy (non-hydrogen) atoms. The smallest absolute Gasteiger partial charge is 0.0897 e. The molecule has 0 radical (unpaired) electrons. The fourth-order valence-corrected chi connectivity index (χ4v) is 3.28. The Hall–Kier alpha value is -1.63. The largest absolute Gasteiger partial charge is 0.377 e. The summed E-state index contributed by atoms with van der Waals surface area (Å²) >= 11 is 6.87. The molecule has 3 aromatic heterocycles. The molecule has 0 aromatic carbocycles. The molecule has 0 aliphatic heterocycles. The molecule has 6 heteroatoms. The highest BCUT2D eigenvalue weighted by atomic mass is 79.9. The van der Waals surface area contributed by atoms with E-state index in [1.54, 1.807) is 12.4 Å². The van der Waals surface area contributed by atoms with Gasteiger partial charge in [-0.15, -0.1) is 0 Å². The van der Waals surface area contributed by atoms with Gasteiger partial charge in [0.05, 0.1) is 29.4 Å². The summed E-state index contributed by atoms with van der Waals surface area (Å²) in [6.07, 6.45) is 8.38. The van der Waals surface area contributed by atoms with Crippen molar-refractivity contribution in [3.05, 3.63) is 63.3 Å². The standard InChI is InChI=1S/C22H23Br2N3O/c1-2-3-4-5-10-28-15-16-11-21(19-8-6-17(23)13-25-19)27-22(12-16)20-9-7-18(24)14-26-20/h6-9,11-14H,2-5,10,15H2,1H3. The maximum Gasteiger partial charge on any atom is 0.0897 e. The summed E-state index contributed by atoms with van der Waals surface area (Å²) < 4.78 is 7.79. The molecule has 0 saturated heterocycles. The summed E-state index contributed by atoms with van der Waals surface area (Å²) in [6, 6.07) is 12.0. The van der Waals surface area contributed by atoms with Crippen molar-refractivity contribution in [1.82, 2.24) is 15.0 Å². The van der Waals surface area contributed by atoms with Crippen molar-refractivity contribution in [2.45, 2.75) is 39.2 Å². The number of halogens is 2. The average molecular weight is 505 g/mol. The van der Waals surface area contributed by atoms with E-state index < -0.39 is 0 Å². The van der Waals surface area contributed by atoms with Gasteiger partial charge in [0.25, 0.3) is 0 Å². The first kappa shape index (κ1) is 21.1. The summed E-state index contributed by atoms with van der Waals surface area (Å²) in [5, 5.41) is 0. The van der Waals surface area contributed by atoms with Crippen LogP contribution in [0.3, 0.4) is 0 Å². The number of nitrogens with zero attached hydrogens (tertiary/aromatic N) is 3. The first-order chi connectivity index (χ1) is 13.7. The quantitative estimate of drug-likeness (QED) is 0.299. The van der Waals surface area contributed by atoms with Crippen LogP contribution in [0, 0.1) is 0 Å². The number of rotatable bonds is 9. The van der Waals surface area contributed by atoms with Gasteiger partial charge in [-0.05, 0) is 80.2 Å². The van der Waals surface area contributed by atoms with Crippen molar-refractivity contribution in [3.8, 4) is 22.8 Å². The predicted octanol–water partition coefficient (Wildman–Crippen LogP) is 6.83. The van der Waals surface area contributed by atoms with Crippen LogP contribution in [0.25, 0.3) is 22.8 Å². The number of aromatic nitrogens is 3. The fraction of sp³-hybridized carbons (Fsp3) is 0.318. The molecule has 146 valence electrons. The van der Waals surface area contributed by atoms with Crippen molar-refractivity contribution >= 4 is 31.9 Å². The second kappa shape index (κ2) is 10.8. The van der Waals surface area contributed by atoms with E-state index >= 15 is 0 Å². The average Bonchev–Trinajstić information content (AvgIpc) is 2.71. The molecule has 0 aliphatic carbocycles. The highest BCUT2D eigenvalue weighted by Crippen LogP contribution is 2.25. The Balaban J connectivity index is 1.83. The van der Waals surface area contributed by atoms with Gasteiger partial charge in [-0.2, -0.15) is 0 Å². The maximum absolute atomic E-state index is 5.90. The van der Waals surface area contributed by atoms with Crippen molar-refractivity contribution in [1.29, 1.82) is 0 Å². The molecule has 3 rings (SSSR count). The summed E-state index contributed by atoms with van der Waals surface area (Å²) in [7, 11) is 0. The van der Waals surface area contributed by atoms with E-state index in [0.29, 0.717) is 6.61 Å². The monoisotopic (exact) mass is 503 g/mol. The summed E-state index contributed by atoms with van der Waals surface area (Å²) in [5.74, 6) is 0. The third-order valence-corrected chi connectivity index (χ3v) is 5.21. The van der Waals surface area contributed by atoms with Crippen LogP contribution < -0.4 is 0 Å². The predicted molar refractivity (Wildman–Crippen MR) is 120 cm³/mol. The second-order valence-corrected chi connectivity index (χ2v) is 8.41. The van der Waals surface area contributed by atoms with Crippen LogP contribution in [0.2, 0.25) is 0 Å². The van der Waals surface area contributed by atoms with Crippen molar-refractivity contribution in [2.75, 3.05) is 6.61 Å². The number of pyridine rings is 3. The number of hydrogen-bond donors (Lipinski definition) is 0. The zero-order valence-corrected chi connectivity index (χ0v) is 19.0. The van der Waals surface area contributed by atoms with E-state index in [4.69, 9.17) is 9.72 Å². The summed E-state index contributed by atoms with van der Waals surface area (Å²) in [5.41, 5.74) is 4.36. The van der Waals surface area contributed by atoms with Crippen molar-refractivity contribution < 1.29 is 4.74 Å². The molecule has 4 nitrogen and oxygen atoms in total. The van der Waals surface area contributed by atoms with Gasteiger partial charge in [0, 0.05) is 27.9 Å². The Bertz CT molecular complexity index is 820. The lowest BCUT2D eigenvalue weighted by atomic mass is 10.1. The molecule has 0 fully saturated rings. The lowest BCUT2D eigenvalue weighted by Crippen LogP contribution is -1.99. The summed E-state index contributed by atoms with van der Waals surface area (Å²) in [4.78, 5) is 13.8. The van der Waals surface area contributed by atoms with Gasteiger partial charge >= 0.3 is 0 Å². The van der Waals surface area contributed by atoms with E-state index in [2.05, 4.69) is 48.8 Å². The van der Waals surface area contributed by atoms with E-state index in [-0.39, 0.29) is 0 Å². The van der Waals surface area contributed by atoms with E-state index in [9.17, 15) is 0 Å². The minimum Gasteiger partial charge on any atom is -0.377 e. The van der Waals surface area contributed by atoms with Gasteiger partial charge in [-0.3, -0.25) is 9.97 Å². The molecular weight excluding hydrogens is 482 g/mol. The molecule has 0 unspecified atom stereocenters. The highest BCUT2D eigenvalue weighted by molar-refractivity contribution is 9.10. The Morgan fingerprint density at radius 2 is 1.39 bits per heavy atom. The molecule has 0 bridgehead atoms. The fourth-order valence-electron chi connectivity index (χ4n) is 2.81. The molecule has 3 aromatic rings. The number of unbranched alkanes of at least 4 members (excludes halogenated alkanes) is 3. The Morgan fingerprint density at radius 1 is 0.786 bits per heavy atom. The van der Waals surface area contributed by atoms with E-state index in [1.807, 2.05) is 36.4 Å².